The van der Waals surface area contributed by atoms with Crippen molar-refractivity contribution < 1.29 is 31.4 Å². The van der Waals surface area contributed by atoms with Crippen LogP contribution in [0.4, 0.5) is 26.3 Å². The standard InChI is InChI=1S/C9H3Cl3F6O/c10-7(11,12)6-4(9(16,17)18)1-3(2-5(6)19)8(13,14)15/h1-2,19H. The van der Waals surface area contributed by atoms with Gasteiger partial charge < -0.3 is 5.11 Å². The summed E-state index contributed by atoms with van der Waals surface area (Å²) < 4.78 is 72.5. The molecule has 1 N–H and O–H groups in total. The summed E-state index contributed by atoms with van der Waals surface area (Å²) in [7, 11) is 0. The van der Waals surface area contributed by atoms with Gasteiger partial charge in [-0.15, -0.1) is 0 Å². The smallest absolute Gasteiger partial charge is 0.416 e. The average molecular weight is 347 g/mol. The van der Waals surface area contributed by atoms with E-state index in [-0.39, 0.29) is 12.1 Å². The lowest BCUT2D eigenvalue weighted by Crippen LogP contribution is -2.17. The molecule has 0 spiro atoms. The number of alkyl halides is 9. The van der Waals surface area contributed by atoms with Gasteiger partial charge in [-0.3, -0.25) is 0 Å². The van der Waals surface area contributed by atoms with Gasteiger partial charge in [0.2, 0.25) is 3.79 Å². The second kappa shape index (κ2) is 4.79. The zero-order chi connectivity index (χ0) is 15.2. The summed E-state index contributed by atoms with van der Waals surface area (Å²) in [6.45, 7) is 0. The molecule has 10 heteroatoms. The molecule has 0 aliphatic rings. The summed E-state index contributed by atoms with van der Waals surface area (Å²) in [5, 5.41) is 9.28. The topological polar surface area (TPSA) is 20.2 Å². The summed E-state index contributed by atoms with van der Waals surface area (Å²) in [6.07, 6.45) is -10.3. The normalized spacial score (nSPS) is 13.7. The van der Waals surface area contributed by atoms with Crippen molar-refractivity contribution in [2.24, 2.45) is 0 Å². The molecular weight excluding hydrogens is 344 g/mol. The number of hydrogen-bond donors (Lipinski definition) is 1. The summed E-state index contributed by atoms with van der Waals surface area (Å²) in [5.74, 6) is -1.40. The van der Waals surface area contributed by atoms with E-state index in [0.29, 0.717) is 0 Å². The van der Waals surface area contributed by atoms with Crippen molar-refractivity contribution in [3.05, 3.63) is 28.8 Å². The Morgan fingerprint density at radius 1 is 0.842 bits per heavy atom. The minimum atomic E-state index is -5.22. The van der Waals surface area contributed by atoms with Crippen LogP contribution in [0.2, 0.25) is 0 Å². The predicted octanol–water partition coefficient (Wildman–Crippen LogP) is 5.26. The van der Waals surface area contributed by atoms with E-state index in [9.17, 15) is 31.4 Å². The van der Waals surface area contributed by atoms with E-state index in [0.717, 1.165) is 0 Å². The predicted molar refractivity (Wildman–Crippen MR) is 57.3 cm³/mol. The maximum atomic E-state index is 12.7. The number of aromatic hydroxyl groups is 1. The SMILES string of the molecule is Oc1cc(C(F)(F)F)cc(C(F)(F)F)c1C(Cl)(Cl)Cl. The van der Waals surface area contributed by atoms with E-state index < -0.39 is 38.6 Å². The molecule has 0 heterocycles. The van der Waals surface area contributed by atoms with Crippen molar-refractivity contribution in [3.8, 4) is 5.75 Å². The quantitative estimate of drug-likeness (QED) is 0.501. The van der Waals surface area contributed by atoms with Gasteiger partial charge in [0.05, 0.1) is 16.7 Å². The zero-order valence-corrected chi connectivity index (χ0v) is 10.8. The van der Waals surface area contributed by atoms with E-state index in [1.54, 1.807) is 0 Å². The molecule has 0 aromatic heterocycles. The van der Waals surface area contributed by atoms with Crippen LogP contribution in [0.5, 0.6) is 5.75 Å². The van der Waals surface area contributed by atoms with Crippen LogP contribution in [0.25, 0.3) is 0 Å². The molecule has 0 saturated heterocycles. The van der Waals surface area contributed by atoms with Gasteiger partial charge in [-0.2, -0.15) is 26.3 Å². The van der Waals surface area contributed by atoms with Crippen molar-refractivity contribution >= 4 is 34.8 Å². The Labute approximate surface area is 117 Å². The number of halogens is 9. The first-order valence-electron chi connectivity index (χ1n) is 4.33. The molecule has 0 atom stereocenters. The van der Waals surface area contributed by atoms with Crippen LogP contribution < -0.4 is 0 Å². The van der Waals surface area contributed by atoms with Crippen molar-refractivity contribution in [2.75, 3.05) is 0 Å². The van der Waals surface area contributed by atoms with Gasteiger partial charge in [0.25, 0.3) is 0 Å². The molecule has 1 rings (SSSR count). The third-order valence-electron chi connectivity index (χ3n) is 2.03. The van der Waals surface area contributed by atoms with E-state index in [4.69, 9.17) is 34.8 Å². The highest BCUT2D eigenvalue weighted by Crippen LogP contribution is 2.50. The Morgan fingerprint density at radius 2 is 1.32 bits per heavy atom. The fourth-order valence-electron chi connectivity index (χ4n) is 1.31. The fraction of sp³-hybridized carbons (Fsp3) is 0.333. The second-order valence-electron chi connectivity index (χ2n) is 3.41. The van der Waals surface area contributed by atoms with Crippen LogP contribution in [0, 0.1) is 0 Å². The second-order valence-corrected chi connectivity index (χ2v) is 5.69. The highest BCUT2D eigenvalue weighted by Gasteiger charge is 2.44. The molecule has 0 fully saturated rings. The zero-order valence-electron chi connectivity index (χ0n) is 8.50. The van der Waals surface area contributed by atoms with E-state index in [1.807, 2.05) is 0 Å². The summed E-state index contributed by atoms with van der Waals surface area (Å²) in [6, 6.07) is -0.163. The van der Waals surface area contributed by atoms with E-state index in [1.165, 1.54) is 0 Å². The number of rotatable bonds is 0. The van der Waals surface area contributed by atoms with Gasteiger partial charge in [-0.05, 0) is 12.1 Å². The maximum absolute atomic E-state index is 12.7. The number of phenolic OH excluding ortho intramolecular Hbond substituents is 1. The monoisotopic (exact) mass is 346 g/mol. The molecule has 1 nitrogen and oxygen atoms in total. The van der Waals surface area contributed by atoms with Gasteiger partial charge in [0, 0.05) is 0 Å². The van der Waals surface area contributed by atoms with Crippen LogP contribution in [0.1, 0.15) is 16.7 Å². The number of hydrogen-bond acceptors (Lipinski definition) is 1. The summed E-state index contributed by atoms with van der Waals surface area (Å²) in [4.78, 5) is 0. The number of phenols is 1. The highest BCUT2D eigenvalue weighted by molar-refractivity contribution is 6.67. The third kappa shape index (κ3) is 3.73. The molecule has 0 aliphatic carbocycles. The molecular formula is C9H3Cl3F6O. The lowest BCUT2D eigenvalue weighted by Gasteiger charge is -2.21. The van der Waals surface area contributed by atoms with Crippen molar-refractivity contribution in [3.63, 3.8) is 0 Å². The highest BCUT2D eigenvalue weighted by atomic mass is 35.6. The molecule has 0 amide bonds. The third-order valence-corrected chi connectivity index (χ3v) is 2.60. The molecule has 1 aromatic rings. The summed E-state index contributed by atoms with van der Waals surface area (Å²) >= 11 is 15.7. The largest absolute Gasteiger partial charge is 0.507 e. The lowest BCUT2D eigenvalue weighted by atomic mass is 10.0. The Kier molecular flexibility index (Phi) is 4.16. The molecule has 0 bridgehead atoms. The van der Waals surface area contributed by atoms with Crippen molar-refractivity contribution in [2.45, 2.75) is 16.1 Å². The Bertz CT molecular complexity index is 488. The molecule has 0 unspecified atom stereocenters. The van der Waals surface area contributed by atoms with Gasteiger partial charge in [0.1, 0.15) is 5.75 Å². The summed E-state index contributed by atoms with van der Waals surface area (Å²) in [5.41, 5.74) is -4.81. The molecule has 1 aromatic carbocycles. The minimum absolute atomic E-state index is 0.0620. The maximum Gasteiger partial charge on any atom is 0.416 e. The van der Waals surface area contributed by atoms with Gasteiger partial charge in [0.15, 0.2) is 0 Å². The van der Waals surface area contributed by atoms with Crippen molar-refractivity contribution in [1.82, 2.24) is 0 Å². The van der Waals surface area contributed by atoms with Crippen LogP contribution in [-0.4, -0.2) is 5.11 Å². The van der Waals surface area contributed by atoms with Crippen LogP contribution in [-0.2, 0) is 16.1 Å². The molecule has 19 heavy (non-hydrogen) atoms. The first-order valence-corrected chi connectivity index (χ1v) is 5.46. The van der Waals surface area contributed by atoms with Gasteiger partial charge in [-0.1, -0.05) is 34.8 Å². The van der Waals surface area contributed by atoms with E-state index in [2.05, 4.69) is 0 Å². The lowest BCUT2D eigenvalue weighted by molar-refractivity contribution is -0.143. The number of benzene rings is 1. The Hall–Kier alpha value is -0.530. The Morgan fingerprint density at radius 3 is 1.63 bits per heavy atom. The fourth-order valence-corrected chi connectivity index (χ4v) is 1.91. The minimum Gasteiger partial charge on any atom is -0.507 e. The van der Waals surface area contributed by atoms with Gasteiger partial charge >= 0.3 is 12.4 Å². The average Bonchev–Trinajstić information content (AvgIpc) is 2.11. The Balaban J connectivity index is 3.68. The molecule has 0 radical (unpaired) electrons. The van der Waals surface area contributed by atoms with Crippen LogP contribution in [0.3, 0.4) is 0 Å². The van der Waals surface area contributed by atoms with Gasteiger partial charge in [-0.25, -0.2) is 0 Å². The molecule has 0 saturated carbocycles. The van der Waals surface area contributed by atoms with Crippen LogP contribution in [0.15, 0.2) is 12.1 Å². The first kappa shape index (κ1) is 16.5. The molecule has 108 valence electrons. The van der Waals surface area contributed by atoms with Crippen molar-refractivity contribution in [1.29, 1.82) is 0 Å². The molecule has 0 aliphatic heterocycles. The van der Waals surface area contributed by atoms with Crippen LogP contribution >= 0.6 is 34.8 Å². The van der Waals surface area contributed by atoms with E-state index >= 15 is 0 Å². The first-order chi connectivity index (χ1) is 8.24.